The molecule has 1 aromatic rings. The Morgan fingerprint density at radius 1 is 1.52 bits per heavy atom. The first-order chi connectivity index (χ1) is 10.1. The SMILES string of the molecule is CCC(C#N)(CCCSc1nnnn1C1CC1)NC(C)C. The molecule has 0 radical (unpaired) electrons. The number of rotatable bonds is 9. The van der Waals surface area contributed by atoms with Crippen molar-refractivity contribution in [3.05, 3.63) is 0 Å². The second-order valence-corrected chi connectivity index (χ2v) is 7.00. The number of hydrogen-bond donors (Lipinski definition) is 1. The van der Waals surface area contributed by atoms with Crippen molar-refractivity contribution in [2.45, 2.75) is 75.7 Å². The minimum atomic E-state index is -0.406. The third-order valence-electron chi connectivity index (χ3n) is 3.72. The molecule has 0 aliphatic heterocycles. The predicted octanol–water partition coefficient (Wildman–Crippen LogP) is 2.55. The van der Waals surface area contributed by atoms with Crippen molar-refractivity contribution in [3.8, 4) is 6.07 Å². The summed E-state index contributed by atoms with van der Waals surface area (Å²) < 4.78 is 1.94. The van der Waals surface area contributed by atoms with Gasteiger partial charge in [-0.25, -0.2) is 4.68 Å². The molecular formula is C14H24N6S. The van der Waals surface area contributed by atoms with E-state index >= 15 is 0 Å². The van der Waals surface area contributed by atoms with Crippen molar-refractivity contribution in [2.75, 3.05) is 5.75 Å². The van der Waals surface area contributed by atoms with Gasteiger partial charge in [-0.15, -0.1) is 5.10 Å². The van der Waals surface area contributed by atoms with E-state index in [4.69, 9.17) is 0 Å². The van der Waals surface area contributed by atoms with Gasteiger partial charge in [0.1, 0.15) is 5.54 Å². The summed E-state index contributed by atoms with van der Waals surface area (Å²) in [6, 6.07) is 3.30. The third-order valence-corrected chi connectivity index (χ3v) is 4.74. The zero-order valence-corrected chi connectivity index (χ0v) is 13.9. The number of thioether (sulfide) groups is 1. The maximum absolute atomic E-state index is 9.48. The van der Waals surface area contributed by atoms with E-state index in [0.717, 1.165) is 30.2 Å². The van der Waals surface area contributed by atoms with Crippen LogP contribution in [0.2, 0.25) is 0 Å². The molecule has 1 aliphatic carbocycles. The number of nitriles is 1. The van der Waals surface area contributed by atoms with E-state index in [2.05, 4.69) is 47.7 Å². The van der Waals surface area contributed by atoms with Gasteiger partial charge in [-0.05, 0) is 56.4 Å². The summed E-state index contributed by atoms with van der Waals surface area (Å²) in [4.78, 5) is 0. The van der Waals surface area contributed by atoms with Gasteiger partial charge in [0, 0.05) is 11.8 Å². The first-order valence-electron chi connectivity index (χ1n) is 7.70. The quantitative estimate of drug-likeness (QED) is 0.558. The van der Waals surface area contributed by atoms with Crippen molar-refractivity contribution in [3.63, 3.8) is 0 Å². The van der Waals surface area contributed by atoms with Crippen LogP contribution >= 0.6 is 11.8 Å². The maximum Gasteiger partial charge on any atom is 0.209 e. The van der Waals surface area contributed by atoms with Crippen LogP contribution in [0.3, 0.4) is 0 Å². The van der Waals surface area contributed by atoms with Crippen LogP contribution in [0.25, 0.3) is 0 Å². The van der Waals surface area contributed by atoms with Gasteiger partial charge < -0.3 is 0 Å². The summed E-state index contributed by atoms with van der Waals surface area (Å²) in [5, 5.41) is 25.7. The molecule has 0 saturated heterocycles. The molecule has 1 heterocycles. The van der Waals surface area contributed by atoms with E-state index in [9.17, 15) is 5.26 Å². The van der Waals surface area contributed by atoms with Crippen LogP contribution in [0, 0.1) is 11.3 Å². The van der Waals surface area contributed by atoms with E-state index in [1.807, 2.05) is 4.68 Å². The lowest BCUT2D eigenvalue weighted by Crippen LogP contribution is -2.47. The van der Waals surface area contributed by atoms with Crippen molar-refractivity contribution in [1.29, 1.82) is 5.26 Å². The normalized spacial score (nSPS) is 17.7. The molecule has 21 heavy (non-hydrogen) atoms. The largest absolute Gasteiger partial charge is 0.297 e. The van der Waals surface area contributed by atoms with E-state index in [1.165, 1.54) is 12.8 Å². The number of nitrogens with one attached hydrogen (secondary N) is 1. The fourth-order valence-corrected chi connectivity index (χ4v) is 3.32. The minimum absolute atomic E-state index is 0.319. The molecule has 2 rings (SSSR count). The molecule has 1 saturated carbocycles. The Morgan fingerprint density at radius 2 is 2.29 bits per heavy atom. The second kappa shape index (κ2) is 7.23. The lowest BCUT2D eigenvalue weighted by atomic mass is 9.91. The van der Waals surface area contributed by atoms with Crippen LogP contribution in [-0.4, -0.2) is 37.5 Å². The molecule has 1 aliphatic rings. The van der Waals surface area contributed by atoms with Crippen LogP contribution in [0.5, 0.6) is 0 Å². The van der Waals surface area contributed by atoms with E-state index in [-0.39, 0.29) is 0 Å². The molecular weight excluding hydrogens is 284 g/mol. The number of hydrogen-bond acceptors (Lipinski definition) is 6. The van der Waals surface area contributed by atoms with Gasteiger partial charge in [0.15, 0.2) is 0 Å². The zero-order chi connectivity index (χ0) is 15.3. The molecule has 6 nitrogen and oxygen atoms in total. The van der Waals surface area contributed by atoms with Crippen LogP contribution in [-0.2, 0) is 0 Å². The Hall–Kier alpha value is -1.13. The smallest absolute Gasteiger partial charge is 0.209 e. The first-order valence-corrected chi connectivity index (χ1v) is 8.68. The van der Waals surface area contributed by atoms with E-state index in [0.29, 0.717) is 12.1 Å². The highest BCUT2D eigenvalue weighted by Crippen LogP contribution is 2.36. The summed E-state index contributed by atoms with van der Waals surface area (Å²) >= 11 is 1.69. The zero-order valence-electron chi connectivity index (χ0n) is 13.0. The number of nitrogens with zero attached hydrogens (tertiary/aromatic N) is 5. The molecule has 1 fully saturated rings. The van der Waals surface area contributed by atoms with Crippen LogP contribution in [0.4, 0.5) is 0 Å². The van der Waals surface area contributed by atoms with E-state index < -0.39 is 5.54 Å². The molecule has 0 amide bonds. The summed E-state index contributed by atoms with van der Waals surface area (Å²) in [6.45, 7) is 6.24. The number of aromatic nitrogens is 4. The average Bonchev–Trinajstić information content (AvgIpc) is 3.21. The monoisotopic (exact) mass is 308 g/mol. The summed E-state index contributed by atoms with van der Waals surface area (Å²) in [7, 11) is 0. The molecule has 1 unspecified atom stereocenters. The Labute approximate surface area is 130 Å². The van der Waals surface area contributed by atoms with Crippen LogP contribution in [0.1, 0.15) is 58.9 Å². The van der Waals surface area contributed by atoms with Gasteiger partial charge in [-0.2, -0.15) is 5.26 Å². The van der Waals surface area contributed by atoms with Gasteiger partial charge in [0.05, 0.1) is 12.1 Å². The fourth-order valence-electron chi connectivity index (χ4n) is 2.44. The Kier molecular flexibility index (Phi) is 5.59. The molecule has 0 spiro atoms. The Morgan fingerprint density at radius 3 is 2.86 bits per heavy atom. The standard InChI is InChI=1S/C14H24N6S/c1-4-14(10-15,16-11(2)3)8-5-9-21-13-17-18-19-20(13)12-6-7-12/h11-12,16H,4-9H2,1-3H3. The molecule has 1 aromatic heterocycles. The van der Waals surface area contributed by atoms with Crippen LogP contribution in [0.15, 0.2) is 5.16 Å². The average molecular weight is 308 g/mol. The van der Waals surface area contributed by atoms with Gasteiger partial charge in [-0.1, -0.05) is 18.7 Å². The molecule has 7 heteroatoms. The van der Waals surface area contributed by atoms with Crippen LogP contribution < -0.4 is 5.32 Å². The van der Waals surface area contributed by atoms with Crippen molar-refractivity contribution >= 4 is 11.8 Å². The minimum Gasteiger partial charge on any atom is -0.297 e. The van der Waals surface area contributed by atoms with Gasteiger partial charge in [-0.3, -0.25) is 5.32 Å². The van der Waals surface area contributed by atoms with E-state index in [1.54, 1.807) is 11.8 Å². The summed E-state index contributed by atoms with van der Waals surface area (Å²) in [6.07, 6.45) is 5.03. The second-order valence-electron chi connectivity index (χ2n) is 5.94. The topological polar surface area (TPSA) is 79.4 Å². The fraction of sp³-hybridized carbons (Fsp3) is 0.857. The molecule has 1 atom stereocenters. The lowest BCUT2D eigenvalue weighted by Gasteiger charge is -2.29. The third kappa shape index (κ3) is 4.42. The van der Waals surface area contributed by atoms with Crippen molar-refractivity contribution < 1.29 is 0 Å². The van der Waals surface area contributed by atoms with Crippen molar-refractivity contribution in [1.82, 2.24) is 25.5 Å². The molecule has 1 N–H and O–H groups in total. The molecule has 0 aromatic carbocycles. The highest BCUT2D eigenvalue weighted by Gasteiger charge is 2.29. The molecule has 0 bridgehead atoms. The van der Waals surface area contributed by atoms with Gasteiger partial charge >= 0.3 is 0 Å². The van der Waals surface area contributed by atoms with Crippen molar-refractivity contribution in [2.24, 2.45) is 0 Å². The number of tetrazole rings is 1. The summed E-state index contributed by atoms with van der Waals surface area (Å²) in [5.74, 6) is 0.941. The predicted molar refractivity (Wildman–Crippen MR) is 83.0 cm³/mol. The highest BCUT2D eigenvalue weighted by molar-refractivity contribution is 7.99. The van der Waals surface area contributed by atoms with Gasteiger partial charge in [0.25, 0.3) is 0 Å². The lowest BCUT2D eigenvalue weighted by molar-refractivity contribution is 0.341. The Balaban J connectivity index is 1.80. The first kappa shape index (κ1) is 16.2. The Bertz CT molecular complexity index is 490. The summed E-state index contributed by atoms with van der Waals surface area (Å²) in [5.41, 5.74) is -0.406. The molecule has 116 valence electrons. The van der Waals surface area contributed by atoms with Gasteiger partial charge in [0.2, 0.25) is 5.16 Å². The maximum atomic E-state index is 9.48. The highest BCUT2D eigenvalue weighted by atomic mass is 32.2.